The molecule has 0 aromatic heterocycles. The van der Waals surface area contributed by atoms with E-state index in [1.807, 2.05) is 12.1 Å². The largest absolute Gasteiger partial charge is 0.397 e. The normalized spacial score (nSPS) is 10.9. The first-order valence-corrected chi connectivity index (χ1v) is 5.50. The number of anilines is 2. The first kappa shape index (κ1) is 7.15. The van der Waals surface area contributed by atoms with Crippen LogP contribution in [0.2, 0.25) is 6.55 Å². The van der Waals surface area contributed by atoms with Crippen LogP contribution in [0.25, 0.3) is 0 Å². The zero-order chi connectivity index (χ0) is 7.56. The first-order chi connectivity index (χ1) is 4.75. The van der Waals surface area contributed by atoms with Gasteiger partial charge >= 0.3 is 0 Å². The molecule has 0 bridgehead atoms. The molecule has 1 aromatic carbocycles. The molecule has 0 amide bonds. The summed E-state index contributed by atoms with van der Waals surface area (Å²) in [7, 11) is -0.164. The van der Waals surface area contributed by atoms with Crippen LogP contribution in [0.1, 0.15) is 0 Å². The standard InChI is InChI=1S/C7H12N2Si/c1-10-6-4-2-3-5(8)7(6)9/h2-4H,8-10H2,1H3. The molecular formula is C7H12N2Si. The highest BCUT2D eigenvalue weighted by Crippen LogP contribution is 2.08. The smallest absolute Gasteiger partial charge is 0.0546 e. The zero-order valence-electron chi connectivity index (χ0n) is 6.09. The quantitative estimate of drug-likeness (QED) is 0.428. The van der Waals surface area contributed by atoms with Crippen molar-refractivity contribution in [2.75, 3.05) is 11.5 Å². The Bertz CT molecular complexity index is 235. The van der Waals surface area contributed by atoms with E-state index in [-0.39, 0.29) is 9.52 Å². The fourth-order valence-electron chi connectivity index (χ4n) is 0.941. The highest BCUT2D eigenvalue weighted by atomic mass is 28.2. The Morgan fingerprint density at radius 3 is 2.50 bits per heavy atom. The molecule has 0 aliphatic heterocycles. The average Bonchev–Trinajstić information content (AvgIpc) is 1.95. The van der Waals surface area contributed by atoms with Gasteiger partial charge in [0.1, 0.15) is 0 Å². The van der Waals surface area contributed by atoms with Gasteiger partial charge in [-0.1, -0.05) is 18.7 Å². The van der Waals surface area contributed by atoms with Gasteiger partial charge in [0.05, 0.1) is 20.9 Å². The average molecular weight is 152 g/mol. The fraction of sp³-hybridized carbons (Fsp3) is 0.143. The minimum absolute atomic E-state index is 0.164. The van der Waals surface area contributed by atoms with Crippen LogP contribution >= 0.6 is 0 Å². The Labute approximate surface area is 63.1 Å². The van der Waals surface area contributed by atoms with Crippen molar-refractivity contribution in [1.29, 1.82) is 0 Å². The second-order valence-electron chi connectivity index (χ2n) is 2.27. The van der Waals surface area contributed by atoms with Gasteiger partial charge in [-0.3, -0.25) is 0 Å². The lowest BCUT2D eigenvalue weighted by atomic mass is 10.3. The van der Waals surface area contributed by atoms with Crippen LogP contribution in [-0.4, -0.2) is 9.52 Å². The van der Waals surface area contributed by atoms with Gasteiger partial charge in [-0.15, -0.1) is 0 Å². The van der Waals surface area contributed by atoms with Crippen molar-refractivity contribution in [1.82, 2.24) is 0 Å². The molecule has 0 saturated carbocycles. The van der Waals surface area contributed by atoms with Gasteiger partial charge in [-0.2, -0.15) is 0 Å². The highest BCUT2D eigenvalue weighted by molar-refractivity contribution is 6.54. The lowest BCUT2D eigenvalue weighted by Gasteiger charge is -2.03. The molecular weight excluding hydrogens is 140 g/mol. The molecule has 4 N–H and O–H groups in total. The lowest BCUT2D eigenvalue weighted by molar-refractivity contribution is 1.70. The Balaban J connectivity index is 3.14. The van der Waals surface area contributed by atoms with E-state index in [1.54, 1.807) is 0 Å². The Morgan fingerprint density at radius 2 is 2.00 bits per heavy atom. The third-order valence-corrected chi connectivity index (χ3v) is 2.99. The van der Waals surface area contributed by atoms with Gasteiger partial charge < -0.3 is 11.5 Å². The summed E-state index contributed by atoms with van der Waals surface area (Å²) in [6, 6.07) is 5.85. The van der Waals surface area contributed by atoms with Crippen molar-refractivity contribution in [3.05, 3.63) is 18.2 Å². The molecule has 0 spiro atoms. The van der Waals surface area contributed by atoms with E-state index in [2.05, 4.69) is 12.6 Å². The molecule has 0 radical (unpaired) electrons. The zero-order valence-corrected chi connectivity index (χ0v) is 7.51. The predicted molar refractivity (Wildman–Crippen MR) is 49.3 cm³/mol. The summed E-state index contributed by atoms with van der Waals surface area (Å²) < 4.78 is 0. The Hall–Kier alpha value is -0.963. The van der Waals surface area contributed by atoms with Gasteiger partial charge in [0.15, 0.2) is 0 Å². The van der Waals surface area contributed by atoms with Gasteiger partial charge in [0, 0.05) is 0 Å². The third kappa shape index (κ3) is 1.13. The van der Waals surface area contributed by atoms with Crippen molar-refractivity contribution >= 4 is 26.1 Å². The molecule has 2 nitrogen and oxygen atoms in total. The van der Waals surface area contributed by atoms with E-state index in [4.69, 9.17) is 11.5 Å². The number of para-hydroxylation sites is 1. The van der Waals surface area contributed by atoms with E-state index in [9.17, 15) is 0 Å². The highest BCUT2D eigenvalue weighted by Gasteiger charge is 1.97. The van der Waals surface area contributed by atoms with Crippen LogP contribution in [0, 0.1) is 0 Å². The summed E-state index contributed by atoms with van der Waals surface area (Å²) in [6.07, 6.45) is 0. The van der Waals surface area contributed by atoms with Crippen LogP contribution in [0.15, 0.2) is 18.2 Å². The summed E-state index contributed by atoms with van der Waals surface area (Å²) in [5, 5.41) is 1.26. The molecule has 0 atom stereocenters. The molecule has 54 valence electrons. The number of rotatable bonds is 1. The second-order valence-corrected chi connectivity index (χ2v) is 3.74. The lowest BCUT2D eigenvalue weighted by Crippen LogP contribution is -2.17. The van der Waals surface area contributed by atoms with Crippen LogP contribution in [0.3, 0.4) is 0 Å². The molecule has 0 aliphatic carbocycles. The monoisotopic (exact) mass is 152 g/mol. The molecule has 3 heteroatoms. The topological polar surface area (TPSA) is 52.0 Å². The summed E-state index contributed by atoms with van der Waals surface area (Å²) in [4.78, 5) is 0. The minimum atomic E-state index is -0.164. The molecule has 0 fully saturated rings. The van der Waals surface area contributed by atoms with Gasteiger partial charge in [0.2, 0.25) is 0 Å². The van der Waals surface area contributed by atoms with Crippen molar-refractivity contribution in [3.63, 3.8) is 0 Å². The van der Waals surface area contributed by atoms with Crippen molar-refractivity contribution in [2.24, 2.45) is 0 Å². The SMILES string of the molecule is C[SiH2]c1cccc(N)c1N. The number of benzene rings is 1. The van der Waals surface area contributed by atoms with E-state index in [0.717, 1.165) is 5.69 Å². The van der Waals surface area contributed by atoms with Crippen LogP contribution in [0.4, 0.5) is 11.4 Å². The number of hydrogen-bond acceptors (Lipinski definition) is 2. The second kappa shape index (κ2) is 2.75. The molecule has 0 aliphatic rings. The Kier molecular flexibility index (Phi) is 1.96. The number of hydrogen-bond donors (Lipinski definition) is 2. The summed E-state index contributed by atoms with van der Waals surface area (Å²) in [5.74, 6) is 0. The molecule has 1 aromatic rings. The van der Waals surface area contributed by atoms with Crippen molar-refractivity contribution in [2.45, 2.75) is 6.55 Å². The van der Waals surface area contributed by atoms with Gasteiger partial charge in [-0.25, -0.2) is 0 Å². The van der Waals surface area contributed by atoms with Crippen LogP contribution in [-0.2, 0) is 0 Å². The summed E-state index contributed by atoms with van der Waals surface area (Å²) >= 11 is 0. The van der Waals surface area contributed by atoms with Crippen LogP contribution in [0.5, 0.6) is 0 Å². The first-order valence-electron chi connectivity index (χ1n) is 3.38. The summed E-state index contributed by atoms with van der Waals surface area (Å²) in [5.41, 5.74) is 12.8. The third-order valence-electron chi connectivity index (χ3n) is 1.61. The van der Waals surface area contributed by atoms with E-state index < -0.39 is 0 Å². The molecule has 0 unspecified atom stereocenters. The Morgan fingerprint density at radius 1 is 1.30 bits per heavy atom. The van der Waals surface area contributed by atoms with Gasteiger partial charge in [0.25, 0.3) is 0 Å². The van der Waals surface area contributed by atoms with E-state index in [0.29, 0.717) is 5.69 Å². The number of nitrogen functional groups attached to an aromatic ring is 2. The molecule has 10 heavy (non-hydrogen) atoms. The predicted octanol–water partition coefficient (Wildman–Crippen LogP) is -0.307. The van der Waals surface area contributed by atoms with E-state index in [1.165, 1.54) is 5.19 Å². The van der Waals surface area contributed by atoms with E-state index >= 15 is 0 Å². The maximum atomic E-state index is 5.70. The number of nitrogens with two attached hydrogens (primary N) is 2. The maximum Gasteiger partial charge on any atom is 0.0546 e. The fourth-order valence-corrected chi connectivity index (χ4v) is 1.90. The van der Waals surface area contributed by atoms with Gasteiger partial charge in [-0.05, 0) is 11.3 Å². The molecule has 0 saturated heterocycles. The minimum Gasteiger partial charge on any atom is -0.397 e. The molecule has 0 heterocycles. The summed E-state index contributed by atoms with van der Waals surface area (Å²) in [6.45, 7) is 2.20. The van der Waals surface area contributed by atoms with Crippen LogP contribution < -0.4 is 16.7 Å². The maximum absolute atomic E-state index is 5.70. The van der Waals surface area contributed by atoms with Crippen molar-refractivity contribution < 1.29 is 0 Å². The molecule has 1 rings (SSSR count). The van der Waals surface area contributed by atoms with Crippen molar-refractivity contribution in [3.8, 4) is 0 Å².